The number of thiophene rings is 1. The van der Waals surface area contributed by atoms with Crippen LogP contribution in [0.25, 0.3) is 0 Å². The lowest BCUT2D eigenvalue weighted by Crippen LogP contribution is -2.27. The molecule has 6 nitrogen and oxygen atoms in total. The molecule has 8 heteroatoms. The lowest BCUT2D eigenvalue weighted by Gasteiger charge is -2.11. The summed E-state index contributed by atoms with van der Waals surface area (Å²) in [5.41, 5.74) is 5.57. The van der Waals surface area contributed by atoms with Crippen LogP contribution in [0.15, 0.2) is 22.7 Å². The zero-order valence-electron chi connectivity index (χ0n) is 10.7. The molecule has 0 aliphatic rings. The minimum atomic E-state index is -0.0347. The Labute approximate surface area is 119 Å². The van der Waals surface area contributed by atoms with Crippen LogP contribution >= 0.6 is 23.1 Å². The van der Waals surface area contributed by atoms with Crippen LogP contribution in [-0.2, 0) is 11.8 Å². The molecule has 0 spiro atoms. The molecule has 0 aromatic carbocycles. The van der Waals surface area contributed by atoms with Crippen LogP contribution < -0.4 is 11.1 Å². The molecule has 0 bridgehead atoms. The van der Waals surface area contributed by atoms with Crippen molar-refractivity contribution in [2.24, 2.45) is 7.05 Å². The predicted octanol–water partition coefficient (Wildman–Crippen LogP) is 1.43. The summed E-state index contributed by atoms with van der Waals surface area (Å²) in [5.74, 6) is 0.601. The highest BCUT2D eigenvalue weighted by atomic mass is 32.2. The van der Waals surface area contributed by atoms with E-state index in [2.05, 4.69) is 15.5 Å². The van der Waals surface area contributed by atoms with Gasteiger partial charge in [0.05, 0.1) is 11.8 Å². The number of nitrogens with two attached hydrogens (primary N) is 1. The van der Waals surface area contributed by atoms with Gasteiger partial charge in [0.2, 0.25) is 11.9 Å². The van der Waals surface area contributed by atoms with Gasteiger partial charge in [-0.05, 0) is 18.4 Å². The molecule has 0 saturated carbocycles. The zero-order chi connectivity index (χ0) is 13.8. The predicted molar refractivity (Wildman–Crippen MR) is 77.0 cm³/mol. The van der Waals surface area contributed by atoms with Crippen molar-refractivity contribution in [1.29, 1.82) is 0 Å². The number of thioether (sulfide) groups is 1. The Morgan fingerprint density at radius 3 is 3.00 bits per heavy atom. The monoisotopic (exact) mass is 297 g/mol. The number of carbonyl (C=O) groups is 1. The number of nitrogens with one attached hydrogen (secondary N) is 1. The molecule has 0 fully saturated rings. The molecule has 1 atom stereocenters. The minimum absolute atomic E-state index is 0.0256. The van der Waals surface area contributed by atoms with Crippen LogP contribution in [0.1, 0.15) is 17.8 Å². The molecule has 0 saturated heterocycles. The number of aromatic nitrogens is 3. The van der Waals surface area contributed by atoms with Crippen molar-refractivity contribution in [3.63, 3.8) is 0 Å². The van der Waals surface area contributed by atoms with Gasteiger partial charge < -0.3 is 11.1 Å². The van der Waals surface area contributed by atoms with Crippen molar-refractivity contribution < 1.29 is 4.79 Å². The first kappa shape index (κ1) is 13.9. The van der Waals surface area contributed by atoms with Gasteiger partial charge in [0.25, 0.3) is 0 Å². The maximum atomic E-state index is 11.8. The fraction of sp³-hybridized carbons (Fsp3) is 0.364. The SMILES string of the molecule is CC(NC(=O)CSc1nnc(N)n1C)c1cccs1. The zero-order valence-corrected chi connectivity index (χ0v) is 12.3. The first-order chi connectivity index (χ1) is 9.08. The maximum absolute atomic E-state index is 11.8. The van der Waals surface area contributed by atoms with Crippen LogP contribution in [0.5, 0.6) is 0 Å². The fourth-order valence-electron chi connectivity index (χ4n) is 1.47. The summed E-state index contributed by atoms with van der Waals surface area (Å²) < 4.78 is 1.65. The van der Waals surface area contributed by atoms with Crippen LogP contribution in [0.3, 0.4) is 0 Å². The van der Waals surface area contributed by atoms with Crippen molar-refractivity contribution in [2.45, 2.75) is 18.1 Å². The first-order valence-corrected chi connectivity index (χ1v) is 7.55. The highest BCUT2D eigenvalue weighted by Crippen LogP contribution is 2.19. The summed E-state index contributed by atoms with van der Waals surface area (Å²) >= 11 is 2.94. The minimum Gasteiger partial charge on any atom is -0.368 e. The van der Waals surface area contributed by atoms with E-state index in [0.29, 0.717) is 16.9 Å². The van der Waals surface area contributed by atoms with E-state index in [0.717, 1.165) is 4.88 Å². The lowest BCUT2D eigenvalue weighted by atomic mass is 10.3. The Morgan fingerprint density at radius 1 is 1.63 bits per heavy atom. The molecule has 0 aliphatic carbocycles. The molecule has 2 heterocycles. The van der Waals surface area contributed by atoms with E-state index in [-0.39, 0.29) is 11.9 Å². The van der Waals surface area contributed by atoms with E-state index < -0.39 is 0 Å². The quantitative estimate of drug-likeness (QED) is 0.815. The third-order valence-corrected chi connectivity index (χ3v) is 4.62. The van der Waals surface area contributed by atoms with Gasteiger partial charge in [-0.25, -0.2) is 0 Å². The van der Waals surface area contributed by atoms with Crippen molar-refractivity contribution in [2.75, 3.05) is 11.5 Å². The van der Waals surface area contributed by atoms with Gasteiger partial charge in [-0.1, -0.05) is 17.8 Å². The number of carbonyl (C=O) groups excluding carboxylic acids is 1. The molecule has 2 aromatic heterocycles. The Bertz CT molecular complexity index is 551. The second-order valence-electron chi connectivity index (χ2n) is 3.99. The largest absolute Gasteiger partial charge is 0.368 e. The average molecular weight is 297 g/mol. The van der Waals surface area contributed by atoms with E-state index in [1.54, 1.807) is 23.0 Å². The number of amides is 1. The fourth-order valence-corrected chi connectivity index (χ4v) is 2.94. The van der Waals surface area contributed by atoms with Gasteiger partial charge in [-0.3, -0.25) is 9.36 Å². The number of hydrogen-bond donors (Lipinski definition) is 2. The van der Waals surface area contributed by atoms with Crippen LogP contribution in [0, 0.1) is 0 Å². The number of nitrogen functional groups attached to an aromatic ring is 1. The Hall–Kier alpha value is -1.54. The Morgan fingerprint density at radius 2 is 2.42 bits per heavy atom. The number of rotatable bonds is 5. The van der Waals surface area contributed by atoms with E-state index in [1.807, 2.05) is 24.4 Å². The third-order valence-electron chi connectivity index (χ3n) is 2.55. The summed E-state index contributed by atoms with van der Waals surface area (Å²) in [6.45, 7) is 1.97. The third kappa shape index (κ3) is 3.48. The van der Waals surface area contributed by atoms with E-state index >= 15 is 0 Å². The van der Waals surface area contributed by atoms with Crippen LogP contribution in [0.4, 0.5) is 5.95 Å². The van der Waals surface area contributed by atoms with Crippen LogP contribution in [-0.4, -0.2) is 26.4 Å². The van der Waals surface area contributed by atoms with Crippen molar-refractivity contribution in [3.8, 4) is 0 Å². The highest BCUT2D eigenvalue weighted by Gasteiger charge is 2.12. The first-order valence-electron chi connectivity index (χ1n) is 5.68. The second-order valence-corrected chi connectivity index (χ2v) is 5.91. The van der Waals surface area contributed by atoms with Gasteiger partial charge in [-0.2, -0.15) is 0 Å². The van der Waals surface area contributed by atoms with Gasteiger partial charge in [0, 0.05) is 11.9 Å². The summed E-state index contributed by atoms with van der Waals surface area (Å²) in [7, 11) is 1.77. The van der Waals surface area contributed by atoms with Gasteiger partial charge in [-0.15, -0.1) is 21.5 Å². The number of hydrogen-bond acceptors (Lipinski definition) is 6. The van der Waals surface area contributed by atoms with Crippen LogP contribution in [0.2, 0.25) is 0 Å². The van der Waals surface area contributed by atoms with Gasteiger partial charge in [0.1, 0.15) is 0 Å². The smallest absolute Gasteiger partial charge is 0.230 e. The average Bonchev–Trinajstić information content (AvgIpc) is 3.00. The molecule has 3 N–H and O–H groups in total. The second kappa shape index (κ2) is 6.07. The number of anilines is 1. The normalized spacial score (nSPS) is 12.3. The Kier molecular flexibility index (Phi) is 4.43. The van der Waals surface area contributed by atoms with E-state index in [9.17, 15) is 4.79 Å². The topological polar surface area (TPSA) is 85.8 Å². The number of nitrogens with zero attached hydrogens (tertiary/aromatic N) is 3. The molecule has 0 radical (unpaired) electrons. The lowest BCUT2D eigenvalue weighted by molar-refractivity contribution is -0.119. The van der Waals surface area contributed by atoms with E-state index in [4.69, 9.17) is 5.73 Å². The van der Waals surface area contributed by atoms with Gasteiger partial charge in [0.15, 0.2) is 5.16 Å². The molecule has 0 aliphatic heterocycles. The van der Waals surface area contributed by atoms with Crippen molar-refractivity contribution >= 4 is 35.0 Å². The Balaban J connectivity index is 1.83. The summed E-state index contributed by atoms with van der Waals surface area (Å²) in [6, 6.07) is 4.00. The molecule has 19 heavy (non-hydrogen) atoms. The molecular formula is C11H15N5OS2. The molecule has 1 amide bonds. The summed E-state index contributed by atoms with van der Waals surface area (Å²) in [4.78, 5) is 13.0. The molecular weight excluding hydrogens is 282 g/mol. The standard InChI is InChI=1S/C11H15N5OS2/c1-7(8-4-3-5-18-8)13-9(17)6-19-11-15-14-10(12)16(11)2/h3-5,7H,6H2,1-2H3,(H2,12,14)(H,13,17). The molecule has 2 rings (SSSR count). The molecule has 2 aromatic rings. The summed E-state index contributed by atoms with van der Waals surface area (Å²) in [5, 5.41) is 13.2. The molecule has 102 valence electrons. The highest BCUT2D eigenvalue weighted by molar-refractivity contribution is 7.99. The van der Waals surface area contributed by atoms with E-state index in [1.165, 1.54) is 11.8 Å². The van der Waals surface area contributed by atoms with Crippen molar-refractivity contribution in [1.82, 2.24) is 20.1 Å². The van der Waals surface area contributed by atoms with Crippen molar-refractivity contribution in [3.05, 3.63) is 22.4 Å². The molecule has 1 unspecified atom stereocenters. The summed E-state index contributed by atoms with van der Waals surface area (Å²) in [6.07, 6.45) is 0. The maximum Gasteiger partial charge on any atom is 0.230 e. The van der Waals surface area contributed by atoms with Gasteiger partial charge >= 0.3 is 0 Å².